The molecule has 0 unspecified atom stereocenters. The molecule has 1 rings (SSSR count). The summed E-state index contributed by atoms with van der Waals surface area (Å²) in [6.07, 6.45) is -3.54. The third-order valence-electron chi connectivity index (χ3n) is 2.27. The van der Waals surface area contributed by atoms with Crippen molar-refractivity contribution in [1.82, 2.24) is 0 Å². The van der Waals surface area contributed by atoms with Crippen LogP contribution in [0.25, 0.3) is 0 Å². The van der Waals surface area contributed by atoms with E-state index in [4.69, 9.17) is 5.73 Å². The molecule has 0 aromatic heterocycles. The highest BCUT2D eigenvalue weighted by molar-refractivity contribution is 5.24. The second-order valence-corrected chi connectivity index (χ2v) is 3.74. The second-order valence-electron chi connectivity index (χ2n) is 3.74. The molecule has 15 heavy (non-hydrogen) atoms. The fraction of sp³-hybridized carbons (Fsp3) is 0.455. The van der Waals surface area contributed by atoms with Crippen molar-refractivity contribution in [1.29, 1.82) is 0 Å². The molecule has 2 N–H and O–H groups in total. The van der Waals surface area contributed by atoms with Gasteiger partial charge in [0.15, 0.2) is 0 Å². The lowest BCUT2D eigenvalue weighted by atomic mass is 10.0. The van der Waals surface area contributed by atoms with Crippen molar-refractivity contribution in [2.24, 2.45) is 11.7 Å². The summed E-state index contributed by atoms with van der Waals surface area (Å²) in [5.41, 5.74) is 5.72. The van der Waals surface area contributed by atoms with Crippen LogP contribution >= 0.6 is 0 Å². The van der Waals surface area contributed by atoms with Crippen LogP contribution in [0.15, 0.2) is 24.3 Å². The molecule has 0 saturated carbocycles. The van der Waals surface area contributed by atoms with Crippen LogP contribution in [0, 0.1) is 5.92 Å². The Morgan fingerprint density at radius 3 is 2.13 bits per heavy atom. The van der Waals surface area contributed by atoms with E-state index in [1.165, 1.54) is 12.1 Å². The Morgan fingerprint density at radius 1 is 1.20 bits per heavy atom. The zero-order chi connectivity index (χ0) is 11.5. The normalized spacial score (nSPS) is 13.9. The predicted molar refractivity (Wildman–Crippen MR) is 53.4 cm³/mol. The molecule has 0 aliphatic heterocycles. The minimum atomic E-state index is -4.25. The maximum atomic E-state index is 12.2. The van der Waals surface area contributed by atoms with Gasteiger partial charge in [-0.2, -0.15) is 13.2 Å². The van der Waals surface area contributed by atoms with Gasteiger partial charge in [0.05, 0.1) is 5.56 Å². The van der Waals surface area contributed by atoms with E-state index in [1.807, 2.05) is 6.92 Å². The fourth-order valence-corrected chi connectivity index (χ4v) is 1.32. The van der Waals surface area contributed by atoms with Gasteiger partial charge in [0.25, 0.3) is 0 Å². The number of benzene rings is 1. The molecule has 4 heteroatoms. The van der Waals surface area contributed by atoms with Crippen molar-refractivity contribution in [3.8, 4) is 0 Å². The summed E-state index contributed by atoms with van der Waals surface area (Å²) in [4.78, 5) is 0. The first kappa shape index (κ1) is 12.0. The smallest absolute Gasteiger partial charge is 0.330 e. The highest BCUT2D eigenvalue weighted by Gasteiger charge is 2.29. The Hall–Kier alpha value is -1.03. The minimum Gasteiger partial charge on any atom is -0.330 e. The molecule has 0 aliphatic carbocycles. The quantitative estimate of drug-likeness (QED) is 0.827. The average Bonchev–Trinajstić information content (AvgIpc) is 2.17. The lowest BCUT2D eigenvalue weighted by molar-refractivity contribution is -0.137. The summed E-state index contributed by atoms with van der Waals surface area (Å²) in [6.45, 7) is 2.51. The topological polar surface area (TPSA) is 26.0 Å². The first-order valence-electron chi connectivity index (χ1n) is 4.79. The van der Waals surface area contributed by atoms with E-state index in [1.54, 1.807) is 0 Å². The molecule has 1 nitrogen and oxygen atoms in total. The van der Waals surface area contributed by atoms with Gasteiger partial charge in [-0.1, -0.05) is 19.1 Å². The standard InChI is InChI=1S/C11H14F3N/c1-8(7-15)6-9-2-4-10(5-3-9)11(12,13)14/h2-5,8H,6-7,15H2,1H3/t8-/m0/s1. The molecule has 1 aromatic rings. The Kier molecular flexibility index (Phi) is 3.74. The molecule has 1 atom stereocenters. The maximum Gasteiger partial charge on any atom is 0.416 e. The van der Waals surface area contributed by atoms with Gasteiger partial charge in [-0.3, -0.25) is 0 Å². The van der Waals surface area contributed by atoms with Crippen molar-refractivity contribution < 1.29 is 13.2 Å². The maximum absolute atomic E-state index is 12.2. The van der Waals surface area contributed by atoms with Crippen molar-refractivity contribution in [2.45, 2.75) is 19.5 Å². The van der Waals surface area contributed by atoms with Gasteiger partial charge in [-0.05, 0) is 36.6 Å². The van der Waals surface area contributed by atoms with Gasteiger partial charge in [0.1, 0.15) is 0 Å². The van der Waals surface area contributed by atoms with E-state index in [0.29, 0.717) is 18.9 Å². The van der Waals surface area contributed by atoms with Crippen LogP contribution in [0.5, 0.6) is 0 Å². The van der Waals surface area contributed by atoms with Crippen LogP contribution in [-0.4, -0.2) is 6.54 Å². The molecule has 0 heterocycles. The number of halogens is 3. The first-order chi connectivity index (χ1) is 6.93. The summed E-state index contributed by atoms with van der Waals surface area (Å²) in [6, 6.07) is 5.24. The summed E-state index contributed by atoms with van der Waals surface area (Å²) < 4.78 is 36.7. The molecule has 0 fully saturated rings. The third kappa shape index (κ3) is 3.55. The van der Waals surface area contributed by atoms with Gasteiger partial charge >= 0.3 is 6.18 Å². The Balaban J connectivity index is 2.73. The van der Waals surface area contributed by atoms with Gasteiger partial charge in [-0.15, -0.1) is 0 Å². The van der Waals surface area contributed by atoms with Crippen LogP contribution in [0.4, 0.5) is 13.2 Å². The number of rotatable bonds is 3. The molecular formula is C11H14F3N. The molecule has 0 spiro atoms. The molecule has 0 bridgehead atoms. The van der Waals surface area contributed by atoms with Crippen molar-refractivity contribution in [2.75, 3.05) is 6.54 Å². The minimum absolute atomic E-state index is 0.293. The summed E-state index contributed by atoms with van der Waals surface area (Å²) in [7, 11) is 0. The number of hydrogen-bond donors (Lipinski definition) is 1. The summed E-state index contributed by atoms with van der Waals surface area (Å²) in [5, 5.41) is 0. The number of nitrogens with two attached hydrogens (primary N) is 1. The summed E-state index contributed by atoms with van der Waals surface area (Å²) >= 11 is 0. The van der Waals surface area contributed by atoms with E-state index in [9.17, 15) is 13.2 Å². The largest absolute Gasteiger partial charge is 0.416 e. The first-order valence-corrected chi connectivity index (χ1v) is 4.79. The van der Waals surface area contributed by atoms with Crippen LogP contribution in [0.2, 0.25) is 0 Å². The molecule has 0 aliphatic rings. The van der Waals surface area contributed by atoms with Crippen LogP contribution in [0.1, 0.15) is 18.1 Å². The lowest BCUT2D eigenvalue weighted by Gasteiger charge is -2.10. The number of hydrogen-bond acceptors (Lipinski definition) is 1. The van der Waals surface area contributed by atoms with Crippen molar-refractivity contribution in [3.63, 3.8) is 0 Å². The van der Waals surface area contributed by atoms with E-state index in [2.05, 4.69) is 0 Å². The van der Waals surface area contributed by atoms with E-state index in [0.717, 1.165) is 17.7 Å². The third-order valence-corrected chi connectivity index (χ3v) is 2.27. The lowest BCUT2D eigenvalue weighted by Crippen LogP contribution is -2.13. The van der Waals surface area contributed by atoms with Crippen LogP contribution < -0.4 is 5.73 Å². The highest BCUT2D eigenvalue weighted by atomic mass is 19.4. The molecule has 0 saturated heterocycles. The molecule has 1 aromatic carbocycles. The van der Waals surface area contributed by atoms with E-state index in [-0.39, 0.29) is 0 Å². The SMILES string of the molecule is C[C@H](CN)Cc1ccc(C(F)(F)F)cc1. The Labute approximate surface area is 87.1 Å². The van der Waals surface area contributed by atoms with E-state index < -0.39 is 11.7 Å². The van der Waals surface area contributed by atoms with Gasteiger partial charge in [-0.25, -0.2) is 0 Å². The zero-order valence-electron chi connectivity index (χ0n) is 8.51. The molecule has 0 amide bonds. The van der Waals surface area contributed by atoms with Gasteiger partial charge < -0.3 is 5.73 Å². The predicted octanol–water partition coefficient (Wildman–Crippen LogP) is 2.84. The van der Waals surface area contributed by atoms with Crippen molar-refractivity contribution >= 4 is 0 Å². The Morgan fingerprint density at radius 2 is 1.73 bits per heavy atom. The van der Waals surface area contributed by atoms with Gasteiger partial charge in [0, 0.05) is 0 Å². The molecule has 0 radical (unpaired) electrons. The Bertz CT molecular complexity index is 303. The van der Waals surface area contributed by atoms with Crippen molar-refractivity contribution in [3.05, 3.63) is 35.4 Å². The number of alkyl halides is 3. The zero-order valence-corrected chi connectivity index (χ0v) is 8.51. The van der Waals surface area contributed by atoms with Crippen LogP contribution in [-0.2, 0) is 12.6 Å². The fourth-order valence-electron chi connectivity index (χ4n) is 1.32. The average molecular weight is 217 g/mol. The van der Waals surface area contributed by atoms with Crippen LogP contribution in [0.3, 0.4) is 0 Å². The monoisotopic (exact) mass is 217 g/mol. The molecule has 84 valence electrons. The van der Waals surface area contributed by atoms with E-state index >= 15 is 0 Å². The van der Waals surface area contributed by atoms with Gasteiger partial charge in [0.2, 0.25) is 0 Å². The second kappa shape index (κ2) is 4.66. The molecular weight excluding hydrogens is 203 g/mol. The summed E-state index contributed by atoms with van der Waals surface area (Å²) in [5.74, 6) is 0.293. The highest BCUT2D eigenvalue weighted by Crippen LogP contribution is 2.29.